The molecule has 0 aromatic heterocycles. The van der Waals surface area contributed by atoms with Gasteiger partial charge in [-0.15, -0.1) is 5.47 Å². The van der Waals surface area contributed by atoms with E-state index in [1.54, 1.807) is 0 Å². The number of rotatable bonds is 0. The van der Waals surface area contributed by atoms with Gasteiger partial charge < -0.3 is 5.23 Å². The minimum Gasteiger partial charge on any atom is -0.447 e. The van der Waals surface area contributed by atoms with Crippen molar-refractivity contribution in [1.82, 2.24) is 5.23 Å². The molecule has 0 fully saturated rings. The molecule has 3 radical (unpaired) electrons. The van der Waals surface area contributed by atoms with Crippen LogP contribution < -0.4 is 5.23 Å². The molecular formula is C3H5B3N. The molecule has 1 N–H and O–H groups in total. The highest BCUT2D eigenvalue weighted by atomic mass is 14.7. The Labute approximate surface area is 46.3 Å². The molecule has 1 heterocycles. The molecule has 0 aromatic rings. The topological polar surface area (TPSA) is 12.0 Å². The molecular weight excluding hydrogens is 82.5 g/mol. The Hall–Kier alpha value is -0.265. The standard InChI is InChI=1S/C3H5B3N/c1-3-2-7-6-5-4-3/h2,7H,1H3. The molecule has 0 bridgehead atoms. The highest BCUT2D eigenvalue weighted by Gasteiger charge is 1.99. The fourth-order valence-electron chi connectivity index (χ4n) is 0.483. The lowest BCUT2D eigenvalue weighted by Crippen LogP contribution is -2.30. The van der Waals surface area contributed by atoms with Crippen molar-refractivity contribution in [1.29, 1.82) is 0 Å². The minimum atomic E-state index is 1.27. The molecule has 1 aliphatic heterocycles. The van der Waals surface area contributed by atoms with Gasteiger partial charge in [0, 0.05) is 0 Å². The van der Waals surface area contributed by atoms with E-state index < -0.39 is 0 Å². The molecule has 0 spiro atoms. The normalized spacial score (nSPS) is 17.0. The Morgan fingerprint density at radius 1 is 1.71 bits per heavy atom. The van der Waals surface area contributed by atoms with E-state index in [0.717, 1.165) is 0 Å². The van der Waals surface area contributed by atoms with Gasteiger partial charge in [0.15, 0.2) is 7.31 Å². The van der Waals surface area contributed by atoms with Crippen molar-refractivity contribution in [2.45, 2.75) is 6.92 Å². The third kappa shape index (κ3) is 1.34. The van der Waals surface area contributed by atoms with Crippen molar-refractivity contribution in [2.24, 2.45) is 0 Å². The molecule has 0 saturated carbocycles. The molecule has 0 aromatic carbocycles. The van der Waals surface area contributed by atoms with E-state index in [4.69, 9.17) is 0 Å². The van der Waals surface area contributed by atoms with Crippen molar-refractivity contribution >= 4 is 21.5 Å². The third-order valence-corrected chi connectivity index (χ3v) is 0.863. The number of nitrogens with one attached hydrogen (secondary N) is 1. The van der Waals surface area contributed by atoms with Crippen LogP contribution in [0.25, 0.3) is 0 Å². The first-order valence-corrected chi connectivity index (χ1v) is 2.32. The maximum absolute atomic E-state index is 2.96. The zero-order valence-corrected chi connectivity index (χ0v) is 4.31. The molecule has 4 heteroatoms. The maximum atomic E-state index is 2.96. The van der Waals surface area contributed by atoms with Crippen LogP contribution in [-0.4, -0.2) is 21.5 Å². The van der Waals surface area contributed by atoms with Crippen LogP contribution in [0.3, 0.4) is 0 Å². The minimum absolute atomic E-state index is 1.27. The summed E-state index contributed by atoms with van der Waals surface area (Å²) in [5.74, 6) is 0. The van der Waals surface area contributed by atoms with E-state index in [1.165, 1.54) is 5.47 Å². The van der Waals surface area contributed by atoms with Gasteiger partial charge in [0.2, 0.25) is 0 Å². The molecule has 0 unspecified atom stereocenters. The van der Waals surface area contributed by atoms with Crippen LogP contribution >= 0.6 is 0 Å². The molecule has 1 aliphatic rings. The maximum Gasteiger partial charge on any atom is 0.181 e. The van der Waals surface area contributed by atoms with Gasteiger partial charge in [-0.3, -0.25) is 0 Å². The molecule has 1 nitrogen and oxygen atoms in total. The third-order valence-electron chi connectivity index (χ3n) is 0.863. The van der Waals surface area contributed by atoms with E-state index >= 15 is 0 Å². The average molecular weight is 87.5 g/mol. The van der Waals surface area contributed by atoms with Gasteiger partial charge in [-0.1, -0.05) is 6.92 Å². The largest absolute Gasteiger partial charge is 0.447 e. The molecule has 0 saturated heterocycles. The molecule has 7 heavy (non-hydrogen) atoms. The van der Waals surface area contributed by atoms with Crippen LogP contribution in [0.2, 0.25) is 0 Å². The van der Waals surface area contributed by atoms with Crippen molar-refractivity contribution in [2.75, 3.05) is 0 Å². The van der Waals surface area contributed by atoms with Crippen LogP contribution in [-0.2, 0) is 0 Å². The van der Waals surface area contributed by atoms with Gasteiger partial charge in [-0.2, -0.15) is 0 Å². The zero-order valence-electron chi connectivity index (χ0n) is 4.31. The summed E-state index contributed by atoms with van der Waals surface area (Å²) in [5.41, 5.74) is 1.27. The first kappa shape index (κ1) is 4.88. The number of hydrogen-bond donors (Lipinski definition) is 1. The van der Waals surface area contributed by atoms with Crippen LogP contribution in [0.1, 0.15) is 6.92 Å². The molecule has 0 aliphatic carbocycles. The lowest BCUT2D eigenvalue weighted by atomic mass is 9.20. The van der Waals surface area contributed by atoms with Crippen LogP contribution in [0.4, 0.5) is 0 Å². The summed E-state index contributed by atoms with van der Waals surface area (Å²) < 4.78 is 0. The Balaban J connectivity index is 2.40. The second-order valence-corrected chi connectivity index (χ2v) is 1.58. The molecule has 0 amide bonds. The fraction of sp³-hybridized carbons (Fsp3) is 0.333. The summed E-state index contributed by atoms with van der Waals surface area (Å²) in [4.78, 5) is 0. The number of hydrogen-bond acceptors (Lipinski definition) is 1. The number of allylic oxidation sites excluding steroid dienone is 1. The smallest absolute Gasteiger partial charge is 0.181 e. The summed E-state index contributed by atoms with van der Waals surface area (Å²) in [6.45, 7) is 2.05. The summed E-state index contributed by atoms with van der Waals surface area (Å²) in [5, 5.41) is 2.96. The van der Waals surface area contributed by atoms with Gasteiger partial charge in [0.1, 0.15) is 0 Å². The van der Waals surface area contributed by atoms with E-state index in [0.29, 0.717) is 0 Å². The summed E-state index contributed by atoms with van der Waals surface area (Å²) in [6, 6.07) is 0. The van der Waals surface area contributed by atoms with Gasteiger partial charge >= 0.3 is 0 Å². The van der Waals surface area contributed by atoms with Gasteiger partial charge in [0.25, 0.3) is 0 Å². The van der Waals surface area contributed by atoms with Gasteiger partial charge in [-0.25, -0.2) is 0 Å². The fourth-order valence-corrected chi connectivity index (χ4v) is 0.483. The van der Waals surface area contributed by atoms with E-state index in [1.807, 2.05) is 20.6 Å². The zero-order chi connectivity index (χ0) is 5.11. The van der Waals surface area contributed by atoms with Gasteiger partial charge in [0.05, 0.1) is 14.2 Å². The summed E-state index contributed by atoms with van der Waals surface area (Å²) >= 11 is 0. The Morgan fingerprint density at radius 2 is 2.57 bits per heavy atom. The lowest BCUT2D eigenvalue weighted by Gasteiger charge is -2.05. The Bertz CT molecular complexity index is 90.2. The van der Waals surface area contributed by atoms with Crippen LogP contribution in [0.5, 0.6) is 0 Å². The SMILES string of the molecule is CC1=CN[B][B][B]1. The second kappa shape index (κ2) is 2.15. The predicted octanol–water partition coefficient (Wildman–Crippen LogP) is -0.692. The molecule has 0 atom stereocenters. The van der Waals surface area contributed by atoms with E-state index in [2.05, 4.69) is 19.3 Å². The lowest BCUT2D eigenvalue weighted by molar-refractivity contribution is 1.34. The highest BCUT2D eigenvalue weighted by Crippen LogP contribution is 1.86. The van der Waals surface area contributed by atoms with E-state index in [-0.39, 0.29) is 0 Å². The molecule has 31 valence electrons. The summed E-state index contributed by atoms with van der Waals surface area (Å²) in [6.07, 6.45) is 1.96. The van der Waals surface area contributed by atoms with Crippen LogP contribution in [0, 0.1) is 0 Å². The highest BCUT2D eigenvalue weighted by molar-refractivity contribution is 7.31. The van der Waals surface area contributed by atoms with Crippen molar-refractivity contribution in [3.63, 3.8) is 0 Å². The Morgan fingerprint density at radius 3 is 2.86 bits per heavy atom. The predicted molar refractivity (Wildman–Crippen MR) is 34.2 cm³/mol. The van der Waals surface area contributed by atoms with Crippen molar-refractivity contribution in [3.05, 3.63) is 11.7 Å². The summed E-state index contributed by atoms with van der Waals surface area (Å²) in [7, 11) is 5.93. The second-order valence-electron chi connectivity index (χ2n) is 1.58. The van der Waals surface area contributed by atoms with E-state index in [9.17, 15) is 0 Å². The average Bonchev–Trinajstić information content (AvgIpc) is 1.69. The quantitative estimate of drug-likeness (QED) is 0.386. The van der Waals surface area contributed by atoms with Gasteiger partial charge in [-0.05, 0) is 6.20 Å². The van der Waals surface area contributed by atoms with Crippen LogP contribution in [0.15, 0.2) is 11.7 Å². The Kier molecular flexibility index (Phi) is 1.50. The first-order valence-electron chi connectivity index (χ1n) is 2.32. The van der Waals surface area contributed by atoms with Crippen molar-refractivity contribution < 1.29 is 0 Å². The first-order chi connectivity index (χ1) is 3.39. The monoisotopic (exact) mass is 88.1 g/mol. The molecule has 1 rings (SSSR count). The van der Waals surface area contributed by atoms with Crippen molar-refractivity contribution in [3.8, 4) is 0 Å².